The summed E-state index contributed by atoms with van der Waals surface area (Å²) < 4.78 is 11.2. The highest BCUT2D eigenvalue weighted by Crippen LogP contribution is 2.34. The highest BCUT2D eigenvalue weighted by Gasteiger charge is 2.24. The Hall–Kier alpha value is -1.39. The number of rotatable bonds is 4. The van der Waals surface area contributed by atoms with Gasteiger partial charge in [-0.3, -0.25) is 4.79 Å². The summed E-state index contributed by atoms with van der Waals surface area (Å²) >= 11 is 0. The van der Waals surface area contributed by atoms with E-state index in [0.717, 1.165) is 51.1 Å². The van der Waals surface area contributed by atoms with Crippen molar-refractivity contribution in [2.24, 2.45) is 0 Å². The number of carbonyl (C=O) groups is 1. The van der Waals surface area contributed by atoms with Crippen molar-refractivity contribution in [3.8, 4) is 0 Å². The van der Waals surface area contributed by atoms with Crippen molar-refractivity contribution in [1.29, 1.82) is 0 Å². The van der Waals surface area contributed by atoms with E-state index in [-0.39, 0.29) is 12.0 Å². The van der Waals surface area contributed by atoms with Crippen molar-refractivity contribution in [2.45, 2.75) is 51.0 Å². The summed E-state index contributed by atoms with van der Waals surface area (Å²) in [6, 6.07) is 8.33. The number of fused-ring (bicyclic) bond motifs is 1. The van der Waals surface area contributed by atoms with Gasteiger partial charge in [-0.2, -0.15) is 0 Å². The van der Waals surface area contributed by atoms with Gasteiger partial charge in [0.1, 0.15) is 0 Å². The second-order valence-corrected chi connectivity index (χ2v) is 6.58. The third-order valence-electron chi connectivity index (χ3n) is 4.92. The lowest BCUT2D eigenvalue weighted by atomic mass is 9.96. The van der Waals surface area contributed by atoms with Crippen LogP contribution in [0.3, 0.4) is 0 Å². The molecule has 1 amide bonds. The van der Waals surface area contributed by atoms with Crippen molar-refractivity contribution < 1.29 is 14.3 Å². The molecule has 0 spiro atoms. The Balaban J connectivity index is 1.59. The third kappa shape index (κ3) is 4.12. The van der Waals surface area contributed by atoms with Crippen LogP contribution < -0.4 is 4.90 Å². The van der Waals surface area contributed by atoms with E-state index in [2.05, 4.69) is 25.1 Å². The third-order valence-corrected chi connectivity index (χ3v) is 4.92. The molecule has 3 rings (SSSR count). The maximum Gasteiger partial charge on any atom is 0.229 e. The maximum atomic E-state index is 12.7. The number of nitrogens with zero attached hydrogens (tertiary/aromatic N) is 1. The molecule has 1 fully saturated rings. The molecule has 2 aliphatic rings. The first-order valence-corrected chi connectivity index (χ1v) is 8.84. The zero-order valence-electron chi connectivity index (χ0n) is 14.0. The van der Waals surface area contributed by atoms with Gasteiger partial charge in [0.05, 0.1) is 19.1 Å². The van der Waals surface area contributed by atoms with Crippen LogP contribution in [0.15, 0.2) is 24.3 Å². The molecule has 2 heterocycles. The predicted octanol–water partition coefficient (Wildman–Crippen LogP) is 3.50. The number of benzene rings is 1. The molecule has 0 unspecified atom stereocenters. The lowest BCUT2D eigenvalue weighted by Gasteiger charge is -2.25. The normalized spacial score (nSPS) is 22.5. The quantitative estimate of drug-likeness (QED) is 0.853. The molecule has 0 aliphatic carbocycles. The zero-order chi connectivity index (χ0) is 16.1. The van der Waals surface area contributed by atoms with Crippen molar-refractivity contribution in [3.63, 3.8) is 0 Å². The fourth-order valence-electron chi connectivity index (χ4n) is 3.53. The van der Waals surface area contributed by atoms with Crippen molar-refractivity contribution in [2.75, 3.05) is 31.3 Å². The first-order chi connectivity index (χ1) is 11.3. The molecule has 1 aromatic rings. The summed E-state index contributed by atoms with van der Waals surface area (Å²) in [7, 11) is 0. The molecule has 1 aromatic carbocycles. The fraction of sp³-hybridized carbons (Fsp3) is 0.632. The Kier molecular flexibility index (Phi) is 5.68. The zero-order valence-corrected chi connectivity index (χ0v) is 14.0. The van der Waals surface area contributed by atoms with Gasteiger partial charge in [0.25, 0.3) is 0 Å². The van der Waals surface area contributed by atoms with E-state index < -0.39 is 0 Å². The Morgan fingerprint density at radius 3 is 2.87 bits per heavy atom. The van der Waals surface area contributed by atoms with Gasteiger partial charge in [0.15, 0.2) is 0 Å². The van der Waals surface area contributed by atoms with Gasteiger partial charge in [-0.1, -0.05) is 25.1 Å². The summed E-state index contributed by atoms with van der Waals surface area (Å²) in [5.74, 6) is 0.695. The minimum Gasteiger partial charge on any atom is -0.381 e. The topological polar surface area (TPSA) is 38.8 Å². The van der Waals surface area contributed by atoms with Crippen molar-refractivity contribution in [3.05, 3.63) is 29.8 Å². The van der Waals surface area contributed by atoms with E-state index in [4.69, 9.17) is 9.47 Å². The standard InChI is InChI=1S/C19H27NO3/c1-15-5-4-11-20(18-7-3-2-6-17(15)18)19(21)10-14-23-16-8-12-22-13-9-16/h2-3,6-7,15-16H,4-5,8-14H2,1H3/t15-/m0/s1. The number of para-hydroxylation sites is 1. The summed E-state index contributed by atoms with van der Waals surface area (Å²) in [4.78, 5) is 14.6. The average Bonchev–Trinajstić information content (AvgIpc) is 2.75. The van der Waals surface area contributed by atoms with Crippen molar-refractivity contribution >= 4 is 11.6 Å². The van der Waals surface area contributed by atoms with Gasteiger partial charge in [-0.25, -0.2) is 0 Å². The van der Waals surface area contributed by atoms with E-state index in [1.165, 1.54) is 5.56 Å². The average molecular weight is 317 g/mol. The molecular formula is C19H27NO3. The molecule has 4 heteroatoms. The van der Waals surface area contributed by atoms with E-state index in [9.17, 15) is 4.79 Å². The van der Waals surface area contributed by atoms with Crippen LogP contribution in [-0.2, 0) is 14.3 Å². The first kappa shape index (κ1) is 16.5. The van der Waals surface area contributed by atoms with Gasteiger partial charge in [-0.05, 0) is 43.2 Å². The van der Waals surface area contributed by atoms with Crippen LogP contribution in [0, 0.1) is 0 Å². The molecule has 0 bridgehead atoms. The van der Waals surface area contributed by atoms with Crippen LogP contribution in [0.25, 0.3) is 0 Å². The number of hydrogen-bond donors (Lipinski definition) is 0. The van der Waals surface area contributed by atoms with E-state index in [0.29, 0.717) is 18.9 Å². The second-order valence-electron chi connectivity index (χ2n) is 6.58. The van der Waals surface area contributed by atoms with Crippen LogP contribution >= 0.6 is 0 Å². The van der Waals surface area contributed by atoms with Crippen LogP contribution in [0.2, 0.25) is 0 Å². The molecule has 1 saturated heterocycles. The molecule has 1 atom stereocenters. The van der Waals surface area contributed by atoms with Gasteiger partial charge >= 0.3 is 0 Å². The van der Waals surface area contributed by atoms with Gasteiger partial charge in [-0.15, -0.1) is 0 Å². The molecule has 2 aliphatic heterocycles. The number of carbonyl (C=O) groups excluding carboxylic acids is 1. The minimum atomic E-state index is 0.179. The molecule has 23 heavy (non-hydrogen) atoms. The van der Waals surface area contributed by atoms with Crippen molar-refractivity contribution in [1.82, 2.24) is 0 Å². The fourth-order valence-corrected chi connectivity index (χ4v) is 3.53. The van der Waals surface area contributed by atoms with E-state index >= 15 is 0 Å². The Labute approximate surface area is 138 Å². The Morgan fingerprint density at radius 2 is 2.04 bits per heavy atom. The molecular weight excluding hydrogens is 290 g/mol. The van der Waals surface area contributed by atoms with Gasteiger partial charge in [0.2, 0.25) is 5.91 Å². The van der Waals surface area contributed by atoms with Crippen LogP contribution in [0.5, 0.6) is 0 Å². The number of hydrogen-bond acceptors (Lipinski definition) is 3. The van der Waals surface area contributed by atoms with E-state index in [1.807, 2.05) is 11.0 Å². The number of anilines is 1. The summed E-state index contributed by atoms with van der Waals surface area (Å²) in [5.41, 5.74) is 2.39. The lowest BCUT2D eigenvalue weighted by Crippen LogP contribution is -2.33. The second kappa shape index (κ2) is 7.93. The molecule has 0 radical (unpaired) electrons. The van der Waals surface area contributed by atoms with Gasteiger partial charge < -0.3 is 14.4 Å². The van der Waals surface area contributed by atoms with Crippen LogP contribution in [0.1, 0.15) is 50.5 Å². The van der Waals surface area contributed by atoms with Crippen LogP contribution in [0.4, 0.5) is 5.69 Å². The summed E-state index contributed by atoms with van der Waals surface area (Å²) in [6.07, 6.45) is 4.80. The Morgan fingerprint density at radius 1 is 1.26 bits per heavy atom. The number of amides is 1. The van der Waals surface area contributed by atoms with Crippen LogP contribution in [-0.4, -0.2) is 38.4 Å². The minimum absolute atomic E-state index is 0.179. The maximum absolute atomic E-state index is 12.7. The molecule has 4 nitrogen and oxygen atoms in total. The lowest BCUT2D eigenvalue weighted by molar-refractivity contribution is -0.120. The summed E-state index contributed by atoms with van der Waals surface area (Å²) in [6.45, 7) is 5.13. The first-order valence-electron chi connectivity index (χ1n) is 8.84. The Bertz CT molecular complexity index is 525. The summed E-state index contributed by atoms with van der Waals surface area (Å²) in [5, 5.41) is 0. The monoisotopic (exact) mass is 317 g/mol. The number of ether oxygens (including phenoxy) is 2. The SMILES string of the molecule is C[C@H]1CCCN(C(=O)CCOC2CCOCC2)c2ccccc21. The molecule has 0 saturated carbocycles. The molecule has 0 N–H and O–H groups in total. The van der Waals surface area contributed by atoms with Gasteiger partial charge in [0, 0.05) is 25.4 Å². The van der Waals surface area contributed by atoms with E-state index in [1.54, 1.807) is 0 Å². The highest BCUT2D eigenvalue weighted by molar-refractivity contribution is 5.94. The highest BCUT2D eigenvalue weighted by atomic mass is 16.5. The molecule has 126 valence electrons. The molecule has 0 aromatic heterocycles. The predicted molar refractivity (Wildman–Crippen MR) is 90.9 cm³/mol. The smallest absolute Gasteiger partial charge is 0.229 e. The largest absolute Gasteiger partial charge is 0.381 e.